The van der Waals surface area contributed by atoms with Crippen molar-refractivity contribution in [2.24, 2.45) is 0 Å². The molecule has 31 heavy (non-hydrogen) atoms. The number of anilines is 1. The van der Waals surface area contributed by atoms with E-state index in [4.69, 9.17) is 16.3 Å². The van der Waals surface area contributed by atoms with E-state index in [0.717, 1.165) is 76.3 Å². The van der Waals surface area contributed by atoms with Gasteiger partial charge in [0.25, 0.3) is 0 Å². The highest BCUT2D eigenvalue weighted by Gasteiger charge is 2.40. The van der Waals surface area contributed by atoms with Gasteiger partial charge < -0.3 is 19.3 Å². The number of hydrogen-bond donors (Lipinski definition) is 1. The molecule has 0 radical (unpaired) electrons. The number of carbonyl (C=O) groups is 1. The minimum absolute atomic E-state index is 0.153. The Hall–Kier alpha value is -2.09. The lowest BCUT2D eigenvalue weighted by molar-refractivity contribution is 0.0355. The first-order valence-electron chi connectivity index (χ1n) is 11.1. The first-order chi connectivity index (χ1) is 14.9. The summed E-state index contributed by atoms with van der Waals surface area (Å²) in [7, 11) is 0. The van der Waals surface area contributed by atoms with Gasteiger partial charge in [-0.05, 0) is 44.7 Å². The Morgan fingerprint density at radius 3 is 2.68 bits per heavy atom. The number of fused-ring (bicyclic) bond motifs is 1. The van der Waals surface area contributed by atoms with E-state index in [-0.39, 0.29) is 11.1 Å². The SMILES string of the molecule is CC1(n2cc(C(=O)O)c(=O)c3cc(Cl)c(N4CCC[C@@H]4CN4CCOCC4)cc32)CC1. The zero-order valence-corrected chi connectivity index (χ0v) is 18.5. The quantitative estimate of drug-likeness (QED) is 0.762. The van der Waals surface area contributed by atoms with Crippen molar-refractivity contribution in [2.75, 3.05) is 44.3 Å². The molecule has 2 aliphatic heterocycles. The summed E-state index contributed by atoms with van der Waals surface area (Å²) in [5.41, 5.74) is 0.884. The Balaban J connectivity index is 1.58. The number of aromatic carboxylic acids is 1. The van der Waals surface area contributed by atoms with Gasteiger partial charge in [-0.25, -0.2) is 4.79 Å². The fourth-order valence-corrected chi connectivity index (χ4v) is 5.27. The maximum Gasteiger partial charge on any atom is 0.341 e. The molecule has 2 saturated heterocycles. The van der Waals surface area contributed by atoms with Crippen molar-refractivity contribution in [3.63, 3.8) is 0 Å². The van der Waals surface area contributed by atoms with Crippen LogP contribution in [0.25, 0.3) is 10.9 Å². The molecule has 1 saturated carbocycles. The smallest absolute Gasteiger partial charge is 0.341 e. The first kappa shape index (κ1) is 20.8. The number of benzene rings is 1. The average molecular weight is 446 g/mol. The van der Waals surface area contributed by atoms with Crippen LogP contribution in [-0.2, 0) is 10.3 Å². The maximum atomic E-state index is 12.9. The third-order valence-corrected chi connectivity index (χ3v) is 7.42. The number of carboxylic acids is 1. The number of rotatable bonds is 5. The van der Waals surface area contributed by atoms with Crippen LogP contribution in [0.2, 0.25) is 5.02 Å². The van der Waals surface area contributed by atoms with Crippen LogP contribution in [0.15, 0.2) is 23.1 Å². The Kier molecular flexibility index (Phi) is 5.23. The standard InChI is InChI=1S/C23H28ClN3O4/c1-23(4-5-23)27-14-17(22(29)30)21(28)16-11-18(24)20(12-19(16)27)26-6-2-3-15(26)13-25-7-9-31-10-8-25/h11-12,14-15H,2-10,13H2,1H3,(H,29,30)/t15-/m1/s1. The molecular formula is C23H28ClN3O4. The number of hydrogen-bond acceptors (Lipinski definition) is 5. The fraction of sp³-hybridized carbons (Fsp3) is 0.565. The van der Waals surface area contributed by atoms with E-state index < -0.39 is 11.4 Å². The summed E-state index contributed by atoms with van der Waals surface area (Å²) in [4.78, 5) is 29.4. The molecule has 1 atom stereocenters. The summed E-state index contributed by atoms with van der Waals surface area (Å²) in [5, 5.41) is 10.4. The highest BCUT2D eigenvalue weighted by Crippen LogP contribution is 2.45. The summed E-state index contributed by atoms with van der Waals surface area (Å²) in [6.07, 6.45) is 5.66. The number of nitrogens with zero attached hydrogens (tertiary/aromatic N) is 3. The number of pyridine rings is 1. The second-order valence-corrected chi connectivity index (χ2v) is 9.67. The Labute approximate surface area is 186 Å². The van der Waals surface area contributed by atoms with E-state index in [1.807, 2.05) is 10.6 Å². The summed E-state index contributed by atoms with van der Waals surface area (Å²) in [6.45, 7) is 7.46. The zero-order valence-electron chi connectivity index (χ0n) is 17.8. The van der Waals surface area contributed by atoms with Gasteiger partial charge in [-0.2, -0.15) is 0 Å². The summed E-state index contributed by atoms with van der Waals surface area (Å²) in [6, 6.07) is 4.04. The molecule has 3 heterocycles. The Morgan fingerprint density at radius 2 is 2.00 bits per heavy atom. The van der Waals surface area contributed by atoms with Crippen LogP contribution in [0.1, 0.15) is 43.0 Å². The van der Waals surface area contributed by atoms with E-state index in [9.17, 15) is 14.7 Å². The number of carboxylic acid groups (broad SMARTS) is 1. The van der Waals surface area contributed by atoms with Crippen LogP contribution in [0.3, 0.4) is 0 Å². The largest absolute Gasteiger partial charge is 0.477 e. The molecule has 0 bridgehead atoms. The average Bonchev–Trinajstić information content (AvgIpc) is 3.33. The minimum atomic E-state index is -1.20. The molecule has 0 unspecified atom stereocenters. The van der Waals surface area contributed by atoms with Crippen molar-refractivity contribution in [3.8, 4) is 0 Å². The van der Waals surface area contributed by atoms with Gasteiger partial charge in [-0.15, -0.1) is 0 Å². The topological polar surface area (TPSA) is 75.0 Å². The van der Waals surface area contributed by atoms with Gasteiger partial charge in [0.05, 0.1) is 29.4 Å². The second kappa shape index (κ2) is 7.80. The third kappa shape index (κ3) is 3.73. The lowest BCUT2D eigenvalue weighted by atomic mass is 10.1. The molecule has 5 rings (SSSR count). The van der Waals surface area contributed by atoms with E-state index in [0.29, 0.717) is 16.5 Å². The van der Waals surface area contributed by atoms with Gasteiger partial charge in [-0.1, -0.05) is 11.6 Å². The molecule has 8 heteroatoms. The van der Waals surface area contributed by atoms with E-state index in [1.165, 1.54) is 6.20 Å². The molecular weight excluding hydrogens is 418 g/mol. The lowest BCUT2D eigenvalue weighted by Crippen LogP contribution is -2.45. The van der Waals surface area contributed by atoms with Crippen molar-refractivity contribution in [1.82, 2.24) is 9.47 Å². The van der Waals surface area contributed by atoms with Gasteiger partial charge in [0, 0.05) is 49.3 Å². The molecule has 1 aromatic carbocycles. The Morgan fingerprint density at radius 1 is 1.26 bits per heavy atom. The van der Waals surface area contributed by atoms with Crippen molar-refractivity contribution in [2.45, 2.75) is 44.2 Å². The molecule has 0 spiro atoms. The summed E-state index contributed by atoms with van der Waals surface area (Å²) < 4.78 is 7.47. The highest BCUT2D eigenvalue weighted by molar-refractivity contribution is 6.34. The molecule has 1 aromatic heterocycles. The van der Waals surface area contributed by atoms with Crippen LogP contribution in [0.5, 0.6) is 0 Å². The second-order valence-electron chi connectivity index (χ2n) is 9.27. The molecule has 7 nitrogen and oxygen atoms in total. The number of ether oxygens (including phenoxy) is 1. The lowest BCUT2D eigenvalue weighted by Gasteiger charge is -2.34. The number of morpholine rings is 1. The minimum Gasteiger partial charge on any atom is -0.477 e. The first-order valence-corrected chi connectivity index (χ1v) is 11.4. The molecule has 3 aliphatic rings. The molecule has 166 valence electrons. The predicted octanol–water partition coefficient (Wildman–Crippen LogP) is 3.16. The monoisotopic (exact) mass is 445 g/mol. The van der Waals surface area contributed by atoms with Gasteiger partial charge in [0.15, 0.2) is 0 Å². The molecule has 3 fully saturated rings. The third-order valence-electron chi connectivity index (χ3n) is 7.12. The molecule has 0 amide bonds. The van der Waals surface area contributed by atoms with Crippen LogP contribution in [0.4, 0.5) is 5.69 Å². The van der Waals surface area contributed by atoms with Gasteiger partial charge in [0.1, 0.15) is 5.56 Å². The molecule has 2 aromatic rings. The van der Waals surface area contributed by atoms with Crippen molar-refractivity contribution in [1.29, 1.82) is 0 Å². The van der Waals surface area contributed by atoms with Gasteiger partial charge in [0.2, 0.25) is 5.43 Å². The van der Waals surface area contributed by atoms with Crippen LogP contribution in [0, 0.1) is 0 Å². The van der Waals surface area contributed by atoms with Crippen LogP contribution < -0.4 is 10.3 Å². The highest BCUT2D eigenvalue weighted by atomic mass is 35.5. The maximum absolute atomic E-state index is 12.9. The van der Waals surface area contributed by atoms with Gasteiger partial charge >= 0.3 is 5.97 Å². The Bertz CT molecular complexity index is 1090. The van der Waals surface area contributed by atoms with Crippen molar-refractivity contribution >= 4 is 34.2 Å². The van der Waals surface area contributed by atoms with Gasteiger partial charge in [-0.3, -0.25) is 9.69 Å². The normalized spacial score (nSPS) is 23.4. The van der Waals surface area contributed by atoms with Crippen molar-refractivity contribution in [3.05, 3.63) is 39.1 Å². The molecule has 1 N–H and O–H groups in total. The fourth-order valence-electron chi connectivity index (χ4n) is 5.00. The number of aromatic nitrogens is 1. The van der Waals surface area contributed by atoms with E-state index in [2.05, 4.69) is 16.7 Å². The van der Waals surface area contributed by atoms with E-state index in [1.54, 1.807) is 6.07 Å². The summed E-state index contributed by atoms with van der Waals surface area (Å²) >= 11 is 6.71. The van der Waals surface area contributed by atoms with E-state index >= 15 is 0 Å². The zero-order chi connectivity index (χ0) is 21.8. The van der Waals surface area contributed by atoms with Crippen molar-refractivity contribution < 1.29 is 14.6 Å². The number of halogens is 1. The molecule has 1 aliphatic carbocycles. The predicted molar refractivity (Wildman–Crippen MR) is 121 cm³/mol. The summed E-state index contributed by atoms with van der Waals surface area (Å²) in [5.74, 6) is -1.20. The van der Waals surface area contributed by atoms with Crippen LogP contribution >= 0.6 is 11.6 Å². The van der Waals surface area contributed by atoms with Crippen LogP contribution in [-0.4, -0.2) is 66.0 Å².